The Labute approximate surface area is 120 Å². The third kappa shape index (κ3) is 1.89. The Morgan fingerprint density at radius 1 is 0.905 bits per heavy atom. The minimum absolute atomic E-state index is 0.121. The molecule has 0 atom stereocenters. The van der Waals surface area contributed by atoms with Crippen molar-refractivity contribution >= 4 is 0 Å². The number of benzene rings is 2. The highest BCUT2D eigenvalue weighted by molar-refractivity contribution is 5.71. The van der Waals surface area contributed by atoms with Gasteiger partial charge in [-0.05, 0) is 42.2 Å². The summed E-state index contributed by atoms with van der Waals surface area (Å²) in [5, 5.41) is 3.30. The number of fused-ring (bicyclic) bond motifs is 2. The van der Waals surface area contributed by atoms with Crippen molar-refractivity contribution in [2.24, 2.45) is 0 Å². The molecule has 2 aromatic rings. The molecule has 1 heterocycles. The minimum Gasteiger partial charge on any atom is -0.312 e. The van der Waals surface area contributed by atoms with Crippen LogP contribution >= 0.6 is 0 Å². The summed E-state index contributed by atoms with van der Waals surface area (Å²) in [5.41, 5.74) is 2.39. The molecule has 1 aliphatic heterocycles. The van der Waals surface area contributed by atoms with Crippen LogP contribution in [0.1, 0.15) is 24.0 Å². The van der Waals surface area contributed by atoms with E-state index in [1.165, 1.54) is 18.2 Å². The zero-order valence-corrected chi connectivity index (χ0v) is 11.3. The van der Waals surface area contributed by atoms with Crippen LogP contribution in [0.2, 0.25) is 0 Å². The average Bonchev–Trinajstić information content (AvgIpc) is 3.20. The molecule has 1 saturated carbocycles. The summed E-state index contributed by atoms with van der Waals surface area (Å²) in [5.74, 6) is -1.43. The maximum Gasteiger partial charge on any atom is 0.133 e. The maximum absolute atomic E-state index is 14.3. The van der Waals surface area contributed by atoms with Crippen molar-refractivity contribution in [1.29, 1.82) is 0 Å². The Morgan fingerprint density at radius 3 is 2.38 bits per heavy atom. The Bertz CT molecular complexity index is 735. The minimum atomic E-state index is -0.612. The van der Waals surface area contributed by atoms with E-state index in [1.54, 1.807) is 6.07 Å². The molecule has 0 aromatic heterocycles. The van der Waals surface area contributed by atoms with Gasteiger partial charge < -0.3 is 5.32 Å². The van der Waals surface area contributed by atoms with Crippen LogP contribution in [0.4, 0.5) is 13.2 Å². The summed E-state index contributed by atoms with van der Waals surface area (Å²) in [4.78, 5) is 0. The van der Waals surface area contributed by atoms with E-state index in [0.29, 0.717) is 17.7 Å². The van der Waals surface area contributed by atoms with Crippen LogP contribution in [0.3, 0.4) is 0 Å². The van der Waals surface area contributed by atoms with Crippen LogP contribution in [-0.2, 0) is 12.0 Å². The van der Waals surface area contributed by atoms with Crippen LogP contribution in [0.5, 0.6) is 0 Å². The normalized spacial score (nSPS) is 18.6. The van der Waals surface area contributed by atoms with Crippen molar-refractivity contribution < 1.29 is 13.2 Å². The SMILES string of the molecule is Fc1ccc(-c2ccc(F)c3c2CNCC32CC2)c(F)c1. The van der Waals surface area contributed by atoms with Gasteiger partial charge in [0.1, 0.15) is 17.5 Å². The summed E-state index contributed by atoms with van der Waals surface area (Å²) in [6.07, 6.45) is 1.92. The van der Waals surface area contributed by atoms with E-state index < -0.39 is 11.6 Å². The molecule has 1 nitrogen and oxygen atoms in total. The molecule has 1 aliphatic carbocycles. The highest BCUT2D eigenvalue weighted by Crippen LogP contribution is 2.52. The van der Waals surface area contributed by atoms with Gasteiger partial charge in [-0.2, -0.15) is 0 Å². The van der Waals surface area contributed by atoms with Gasteiger partial charge in [0.05, 0.1) is 0 Å². The predicted octanol–water partition coefficient (Wildman–Crippen LogP) is 3.91. The topological polar surface area (TPSA) is 12.0 Å². The van der Waals surface area contributed by atoms with Gasteiger partial charge in [0.25, 0.3) is 0 Å². The van der Waals surface area contributed by atoms with Crippen LogP contribution in [0, 0.1) is 17.5 Å². The van der Waals surface area contributed by atoms with E-state index in [9.17, 15) is 13.2 Å². The van der Waals surface area contributed by atoms with Gasteiger partial charge >= 0.3 is 0 Å². The zero-order chi connectivity index (χ0) is 14.6. The molecule has 21 heavy (non-hydrogen) atoms. The van der Waals surface area contributed by atoms with Crippen LogP contribution in [0.15, 0.2) is 30.3 Å². The summed E-state index contributed by atoms with van der Waals surface area (Å²) < 4.78 is 41.4. The fraction of sp³-hybridized carbons (Fsp3) is 0.294. The molecular formula is C17H14F3N. The molecular weight excluding hydrogens is 275 g/mol. The number of hydrogen-bond acceptors (Lipinski definition) is 1. The molecule has 0 saturated heterocycles. The second-order valence-corrected chi connectivity index (χ2v) is 5.96. The molecule has 1 N–H and O–H groups in total. The largest absolute Gasteiger partial charge is 0.312 e. The van der Waals surface area contributed by atoms with Crippen LogP contribution in [0.25, 0.3) is 11.1 Å². The molecule has 0 bridgehead atoms. The number of nitrogens with one attached hydrogen (secondary N) is 1. The van der Waals surface area contributed by atoms with Crippen molar-refractivity contribution in [2.75, 3.05) is 6.54 Å². The number of rotatable bonds is 1. The van der Waals surface area contributed by atoms with Crippen molar-refractivity contribution in [2.45, 2.75) is 24.8 Å². The lowest BCUT2D eigenvalue weighted by atomic mass is 9.83. The van der Waals surface area contributed by atoms with Crippen LogP contribution in [-0.4, -0.2) is 6.54 Å². The standard InChI is InChI=1S/C17H14F3N/c18-10-1-2-12(15(20)7-10)11-3-4-14(19)16-13(11)8-21-9-17(16)5-6-17/h1-4,7,21H,5-6,8-9H2. The fourth-order valence-corrected chi connectivity index (χ4v) is 3.43. The van der Waals surface area contributed by atoms with Gasteiger partial charge in [0, 0.05) is 35.7 Å². The van der Waals surface area contributed by atoms with Crippen molar-refractivity contribution in [1.82, 2.24) is 5.32 Å². The second kappa shape index (κ2) is 4.34. The number of hydrogen-bond donors (Lipinski definition) is 1. The van der Waals surface area contributed by atoms with E-state index in [-0.39, 0.29) is 11.2 Å². The van der Waals surface area contributed by atoms with E-state index >= 15 is 0 Å². The lowest BCUT2D eigenvalue weighted by Gasteiger charge is -2.29. The van der Waals surface area contributed by atoms with Gasteiger partial charge in [-0.25, -0.2) is 13.2 Å². The summed E-state index contributed by atoms with van der Waals surface area (Å²) in [7, 11) is 0. The Morgan fingerprint density at radius 2 is 1.67 bits per heavy atom. The van der Waals surface area contributed by atoms with Gasteiger partial charge in [-0.15, -0.1) is 0 Å². The first-order chi connectivity index (χ1) is 10.1. The zero-order valence-electron chi connectivity index (χ0n) is 11.3. The van der Waals surface area contributed by atoms with Crippen molar-refractivity contribution in [3.63, 3.8) is 0 Å². The molecule has 108 valence electrons. The monoisotopic (exact) mass is 289 g/mol. The molecule has 4 rings (SSSR count). The fourth-order valence-electron chi connectivity index (χ4n) is 3.43. The average molecular weight is 289 g/mol. The highest BCUT2D eigenvalue weighted by Gasteiger charge is 2.49. The smallest absolute Gasteiger partial charge is 0.133 e. The molecule has 0 unspecified atom stereocenters. The molecule has 4 heteroatoms. The lowest BCUT2D eigenvalue weighted by molar-refractivity contribution is 0.492. The third-order valence-electron chi connectivity index (χ3n) is 4.63. The third-order valence-corrected chi connectivity index (χ3v) is 4.63. The molecule has 0 radical (unpaired) electrons. The first kappa shape index (κ1) is 12.9. The van der Waals surface area contributed by atoms with Gasteiger partial charge in [0.15, 0.2) is 0 Å². The first-order valence-corrected chi connectivity index (χ1v) is 7.09. The predicted molar refractivity (Wildman–Crippen MR) is 74.4 cm³/mol. The van der Waals surface area contributed by atoms with Crippen molar-refractivity contribution in [3.8, 4) is 11.1 Å². The van der Waals surface area contributed by atoms with Crippen LogP contribution < -0.4 is 5.32 Å². The lowest BCUT2D eigenvalue weighted by Crippen LogP contribution is -2.34. The maximum atomic E-state index is 14.3. The van der Waals surface area contributed by atoms with E-state index in [0.717, 1.165) is 36.6 Å². The summed E-state index contributed by atoms with van der Waals surface area (Å²) >= 11 is 0. The van der Waals surface area contributed by atoms with E-state index in [2.05, 4.69) is 5.32 Å². The molecule has 0 amide bonds. The molecule has 1 spiro atoms. The second-order valence-electron chi connectivity index (χ2n) is 5.96. The van der Waals surface area contributed by atoms with Gasteiger partial charge in [-0.1, -0.05) is 6.07 Å². The summed E-state index contributed by atoms with van der Waals surface area (Å²) in [6, 6.07) is 6.52. The molecule has 1 fully saturated rings. The van der Waals surface area contributed by atoms with Crippen molar-refractivity contribution in [3.05, 3.63) is 58.9 Å². The first-order valence-electron chi connectivity index (χ1n) is 7.09. The Hall–Kier alpha value is -1.81. The molecule has 2 aromatic carbocycles. The highest BCUT2D eigenvalue weighted by atomic mass is 19.1. The molecule has 2 aliphatic rings. The number of halogens is 3. The Balaban J connectivity index is 1.95. The van der Waals surface area contributed by atoms with Gasteiger partial charge in [0.2, 0.25) is 0 Å². The van der Waals surface area contributed by atoms with Gasteiger partial charge in [-0.3, -0.25) is 0 Å². The summed E-state index contributed by atoms with van der Waals surface area (Å²) in [6.45, 7) is 1.28. The van der Waals surface area contributed by atoms with E-state index in [1.807, 2.05) is 0 Å². The Kier molecular flexibility index (Phi) is 2.67. The van der Waals surface area contributed by atoms with E-state index in [4.69, 9.17) is 0 Å². The quantitative estimate of drug-likeness (QED) is 0.839.